The summed E-state index contributed by atoms with van der Waals surface area (Å²) in [5, 5.41) is 1.39. The molecule has 27 heavy (non-hydrogen) atoms. The van der Waals surface area contributed by atoms with Gasteiger partial charge < -0.3 is 4.74 Å². The number of pyridine rings is 1. The lowest BCUT2D eigenvalue weighted by molar-refractivity contribution is -0.381. The smallest absolute Gasteiger partial charge is 0.403 e. The van der Waals surface area contributed by atoms with E-state index in [0.717, 1.165) is 10.9 Å². The number of hydrogen-bond acceptors (Lipinski definition) is 4. The van der Waals surface area contributed by atoms with Crippen LogP contribution in [0.3, 0.4) is 0 Å². The van der Waals surface area contributed by atoms with E-state index in [4.69, 9.17) is 4.74 Å². The van der Waals surface area contributed by atoms with E-state index in [-0.39, 0.29) is 10.6 Å². The van der Waals surface area contributed by atoms with Crippen LogP contribution < -0.4 is 4.98 Å². The summed E-state index contributed by atoms with van der Waals surface area (Å²) in [5.41, 5.74) is 2.24. The van der Waals surface area contributed by atoms with Gasteiger partial charge in [0.25, 0.3) is 15.7 Å². The topological polar surface area (TPSA) is 79.5 Å². The summed E-state index contributed by atoms with van der Waals surface area (Å²) >= 11 is 0. The molecule has 0 saturated heterocycles. The van der Waals surface area contributed by atoms with Crippen molar-refractivity contribution in [2.75, 3.05) is 7.11 Å². The maximum Gasteiger partial charge on any atom is 0.403 e. The molecule has 0 aliphatic carbocycles. The number of nitrogens with zero attached hydrogens (tertiary/aromatic N) is 1. The van der Waals surface area contributed by atoms with Gasteiger partial charge in [0.15, 0.2) is 6.20 Å². The van der Waals surface area contributed by atoms with E-state index < -0.39 is 16.0 Å². The Labute approximate surface area is 156 Å². The van der Waals surface area contributed by atoms with Gasteiger partial charge in [0.2, 0.25) is 0 Å². The molecular weight excluding hydrogens is 364 g/mol. The molecule has 0 atom stereocenters. The summed E-state index contributed by atoms with van der Waals surface area (Å²) in [6.07, 6.45) is 1.52. The third-order valence-electron chi connectivity index (χ3n) is 4.53. The SMILES string of the molecule is COC(=O)c1cc2c3ccccc3n(S(=O)(=O)c3ccc(C)cc3)c2c[nH+]1. The zero-order valence-corrected chi connectivity index (χ0v) is 15.6. The van der Waals surface area contributed by atoms with Gasteiger partial charge in [-0.05, 0) is 25.1 Å². The highest BCUT2D eigenvalue weighted by Gasteiger charge is 2.26. The molecule has 4 rings (SSSR count). The maximum absolute atomic E-state index is 13.4. The molecule has 2 aromatic heterocycles. The first kappa shape index (κ1) is 17.2. The van der Waals surface area contributed by atoms with E-state index in [0.29, 0.717) is 16.4 Å². The summed E-state index contributed by atoms with van der Waals surface area (Å²) in [4.78, 5) is 14.9. The Morgan fingerprint density at radius 1 is 1.00 bits per heavy atom. The van der Waals surface area contributed by atoms with Crippen LogP contribution in [-0.2, 0) is 14.8 Å². The molecule has 0 bridgehead atoms. The summed E-state index contributed by atoms with van der Waals surface area (Å²) in [5.74, 6) is -0.518. The first-order chi connectivity index (χ1) is 12.9. The fourth-order valence-corrected chi connectivity index (χ4v) is 4.70. The van der Waals surface area contributed by atoms with Gasteiger partial charge in [-0.15, -0.1) is 0 Å². The lowest BCUT2D eigenvalue weighted by atomic mass is 10.1. The second-order valence-corrected chi connectivity index (χ2v) is 8.02. The standard InChI is InChI=1S/C20H16N2O4S/c1-13-7-9-14(10-8-13)27(24,25)22-18-6-4-3-5-15(18)16-11-17(20(23)26-2)21-12-19(16)22/h3-12H,1-2H3/p+1. The van der Waals surface area contributed by atoms with Crippen molar-refractivity contribution in [3.05, 3.63) is 72.1 Å². The Morgan fingerprint density at radius 3 is 2.41 bits per heavy atom. The molecule has 0 radical (unpaired) electrons. The van der Waals surface area contributed by atoms with Gasteiger partial charge in [0, 0.05) is 16.8 Å². The highest BCUT2D eigenvalue weighted by Crippen LogP contribution is 2.32. The summed E-state index contributed by atoms with van der Waals surface area (Å²) in [6, 6.07) is 15.5. The largest absolute Gasteiger partial charge is 0.461 e. The summed E-state index contributed by atoms with van der Waals surface area (Å²) in [7, 11) is -2.53. The van der Waals surface area contributed by atoms with Gasteiger partial charge in [-0.2, -0.15) is 0 Å². The number of aryl methyl sites for hydroxylation is 1. The maximum atomic E-state index is 13.4. The van der Waals surface area contributed by atoms with E-state index in [9.17, 15) is 13.2 Å². The van der Waals surface area contributed by atoms with Gasteiger partial charge in [0.05, 0.1) is 17.5 Å². The lowest BCUT2D eigenvalue weighted by Gasteiger charge is -2.08. The predicted molar refractivity (Wildman–Crippen MR) is 101 cm³/mol. The molecule has 6 nitrogen and oxygen atoms in total. The van der Waals surface area contributed by atoms with E-state index in [2.05, 4.69) is 4.98 Å². The quantitative estimate of drug-likeness (QED) is 0.511. The number of rotatable bonds is 3. The number of hydrogen-bond donors (Lipinski definition) is 0. The number of aromatic amines is 1. The second-order valence-electron chi connectivity index (χ2n) is 6.24. The molecule has 136 valence electrons. The Balaban J connectivity index is 2.07. The molecule has 0 amide bonds. The van der Waals surface area contributed by atoms with E-state index in [1.54, 1.807) is 42.5 Å². The van der Waals surface area contributed by atoms with Crippen LogP contribution in [0.5, 0.6) is 0 Å². The van der Waals surface area contributed by atoms with E-state index in [1.807, 2.05) is 19.1 Å². The highest BCUT2D eigenvalue weighted by molar-refractivity contribution is 7.90. The van der Waals surface area contributed by atoms with Crippen molar-refractivity contribution in [2.45, 2.75) is 11.8 Å². The van der Waals surface area contributed by atoms with Gasteiger partial charge in [-0.1, -0.05) is 35.9 Å². The molecule has 0 unspecified atom stereocenters. The molecule has 7 heteroatoms. The number of aromatic nitrogens is 2. The molecule has 0 spiro atoms. The summed E-state index contributed by atoms with van der Waals surface area (Å²) < 4.78 is 32.8. The molecule has 4 aromatic rings. The van der Waals surface area contributed by atoms with E-state index >= 15 is 0 Å². The fraction of sp³-hybridized carbons (Fsp3) is 0.100. The number of carbonyl (C=O) groups is 1. The molecule has 0 aliphatic heterocycles. The van der Waals surface area contributed by atoms with Crippen molar-refractivity contribution in [3.63, 3.8) is 0 Å². The van der Waals surface area contributed by atoms with Crippen LogP contribution in [-0.4, -0.2) is 25.5 Å². The molecule has 0 saturated carbocycles. The van der Waals surface area contributed by atoms with Crippen LogP contribution in [0.4, 0.5) is 0 Å². The number of methoxy groups -OCH3 is 1. The molecule has 2 heterocycles. The van der Waals surface area contributed by atoms with Crippen LogP contribution in [0.15, 0.2) is 65.7 Å². The summed E-state index contributed by atoms with van der Waals surface area (Å²) in [6.45, 7) is 1.90. The molecule has 0 aliphatic rings. The third-order valence-corrected chi connectivity index (χ3v) is 6.27. The van der Waals surface area contributed by atoms with Crippen molar-refractivity contribution in [2.24, 2.45) is 0 Å². The number of nitrogens with one attached hydrogen (secondary N) is 1. The van der Waals surface area contributed by atoms with Crippen molar-refractivity contribution < 1.29 is 22.9 Å². The number of para-hydroxylation sites is 1. The number of carbonyl (C=O) groups excluding carboxylic acids is 1. The van der Waals surface area contributed by atoms with Crippen LogP contribution >= 0.6 is 0 Å². The van der Waals surface area contributed by atoms with Crippen LogP contribution in [0, 0.1) is 6.92 Å². The first-order valence-electron chi connectivity index (χ1n) is 8.29. The van der Waals surface area contributed by atoms with Crippen molar-refractivity contribution in [1.82, 2.24) is 3.97 Å². The Bertz CT molecular complexity index is 1290. The number of ether oxygens (including phenoxy) is 1. The molecular formula is C20H17N2O4S+. The van der Waals surface area contributed by atoms with Crippen LogP contribution in [0.1, 0.15) is 16.1 Å². The van der Waals surface area contributed by atoms with Crippen molar-refractivity contribution in [3.8, 4) is 0 Å². The number of fused-ring (bicyclic) bond motifs is 3. The van der Waals surface area contributed by atoms with Crippen LogP contribution in [0.25, 0.3) is 21.8 Å². The van der Waals surface area contributed by atoms with Gasteiger partial charge >= 0.3 is 5.97 Å². The van der Waals surface area contributed by atoms with Gasteiger partial charge in [-0.25, -0.2) is 22.2 Å². The van der Waals surface area contributed by atoms with Crippen molar-refractivity contribution >= 4 is 37.8 Å². The Hall–Kier alpha value is -3.19. The fourth-order valence-electron chi connectivity index (χ4n) is 3.18. The predicted octanol–water partition coefficient (Wildman–Crippen LogP) is 2.94. The first-order valence-corrected chi connectivity index (χ1v) is 9.73. The average molecular weight is 381 g/mol. The minimum atomic E-state index is -3.82. The van der Waals surface area contributed by atoms with E-state index in [1.165, 1.54) is 17.3 Å². The van der Waals surface area contributed by atoms with Crippen LogP contribution in [0.2, 0.25) is 0 Å². The number of benzene rings is 2. The number of H-pyrrole nitrogens is 1. The molecule has 0 fully saturated rings. The van der Waals surface area contributed by atoms with Crippen molar-refractivity contribution in [1.29, 1.82) is 0 Å². The van der Waals surface area contributed by atoms with Gasteiger partial charge in [0.1, 0.15) is 5.52 Å². The van der Waals surface area contributed by atoms with Gasteiger partial charge in [-0.3, -0.25) is 0 Å². The highest BCUT2D eigenvalue weighted by atomic mass is 32.2. The monoisotopic (exact) mass is 381 g/mol. The Morgan fingerprint density at radius 2 is 1.70 bits per heavy atom. The minimum Gasteiger partial charge on any atom is -0.461 e. The minimum absolute atomic E-state index is 0.202. The average Bonchev–Trinajstić information content (AvgIpc) is 3.02. The molecule has 2 aromatic carbocycles. The zero-order valence-electron chi connectivity index (χ0n) is 14.8. The lowest BCUT2D eigenvalue weighted by Crippen LogP contribution is -2.19. The third kappa shape index (κ3) is 2.67. The Kier molecular flexibility index (Phi) is 3.96. The zero-order chi connectivity index (χ0) is 19.2. The number of esters is 1. The second kappa shape index (κ2) is 6.21. The molecule has 1 N–H and O–H groups in total. The normalized spacial score (nSPS) is 11.8.